The monoisotopic (exact) mass is 270 g/mol. The van der Waals surface area contributed by atoms with Crippen LogP contribution in [-0.2, 0) is 23.1 Å². The van der Waals surface area contributed by atoms with Crippen LogP contribution in [0, 0.1) is 0 Å². The normalized spacial score (nSPS) is 11.9. The van der Waals surface area contributed by atoms with Crippen LogP contribution < -0.4 is 5.32 Å². The number of carbonyl (C=O) groups excluding carboxylic acids is 1. The lowest BCUT2D eigenvalue weighted by Crippen LogP contribution is -2.43. The predicted octanol–water partition coefficient (Wildman–Crippen LogP) is -0.339. The summed E-state index contributed by atoms with van der Waals surface area (Å²) >= 11 is 0. The molecule has 0 aliphatic heterocycles. The molecule has 1 aromatic heterocycles. The standard InChI is InChI=1S/C11H18N4O4/c1-14-5-4-12-9(14)7-15(2)11(18)13-6-8(19-3)10(16)17/h4-5,8H,6-7H2,1-3H3,(H,13,18)(H,16,17). The van der Waals surface area contributed by atoms with Gasteiger partial charge in [-0.15, -0.1) is 0 Å². The number of aryl methyl sites for hydroxylation is 1. The first-order valence-electron chi connectivity index (χ1n) is 5.66. The molecule has 0 aromatic carbocycles. The highest BCUT2D eigenvalue weighted by Crippen LogP contribution is 1.99. The predicted molar refractivity (Wildman–Crippen MR) is 66.5 cm³/mol. The molecule has 0 bridgehead atoms. The van der Waals surface area contributed by atoms with E-state index < -0.39 is 12.1 Å². The maximum Gasteiger partial charge on any atom is 0.334 e. The molecule has 0 spiro atoms. The Morgan fingerprint density at radius 3 is 2.79 bits per heavy atom. The first-order valence-corrected chi connectivity index (χ1v) is 5.66. The van der Waals surface area contributed by atoms with Crippen LogP contribution in [0.25, 0.3) is 0 Å². The molecule has 0 aliphatic rings. The number of nitrogens with one attached hydrogen (secondary N) is 1. The molecule has 0 saturated carbocycles. The Labute approximate surface area is 111 Å². The lowest BCUT2D eigenvalue weighted by Gasteiger charge is -2.19. The van der Waals surface area contributed by atoms with E-state index in [-0.39, 0.29) is 12.6 Å². The second kappa shape index (κ2) is 6.74. The van der Waals surface area contributed by atoms with Crippen LogP contribution in [0.15, 0.2) is 12.4 Å². The van der Waals surface area contributed by atoms with Crippen molar-refractivity contribution in [2.45, 2.75) is 12.6 Å². The number of carbonyl (C=O) groups is 2. The largest absolute Gasteiger partial charge is 0.479 e. The minimum atomic E-state index is -1.12. The van der Waals surface area contributed by atoms with Gasteiger partial charge in [0.25, 0.3) is 0 Å². The van der Waals surface area contributed by atoms with Crippen LogP contribution in [0.1, 0.15) is 5.82 Å². The number of hydrogen-bond donors (Lipinski definition) is 2. The number of hydrogen-bond acceptors (Lipinski definition) is 4. The number of imidazole rings is 1. The van der Waals surface area contributed by atoms with Crippen molar-refractivity contribution in [3.63, 3.8) is 0 Å². The van der Waals surface area contributed by atoms with Crippen molar-refractivity contribution in [2.24, 2.45) is 7.05 Å². The topological polar surface area (TPSA) is 96.7 Å². The fraction of sp³-hybridized carbons (Fsp3) is 0.545. The van der Waals surface area contributed by atoms with Crippen molar-refractivity contribution in [1.29, 1.82) is 0 Å². The van der Waals surface area contributed by atoms with Crippen molar-refractivity contribution in [2.75, 3.05) is 20.7 Å². The summed E-state index contributed by atoms with van der Waals surface area (Å²) in [6, 6.07) is -0.383. The first kappa shape index (κ1) is 15.0. The van der Waals surface area contributed by atoms with E-state index in [2.05, 4.69) is 10.3 Å². The van der Waals surface area contributed by atoms with Crippen molar-refractivity contribution in [1.82, 2.24) is 19.8 Å². The zero-order valence-electron chi connectivity index (χ0n) is 11.2. The molecule has 0 radical (unpaired) electrons. The summed E-state index contributed by atoms with van der Waals surface area (Å²) in [5.74, 6) is -0.381. The Morgan fingerprint density at radius 1 is 1.63 bits per heavy atom. The smallest absolute Gasteiger partial charge is 0.334 e. The first-order chi connectivity index (χ1) is 8.95. The van der Waals surface area contributed by atoms with E-state index in [0.717, 1.165) is 5.82 Å². The summed E-state index contributed by atoms with van der Waals surface area (Å²) < 4.78 is 6.52. The number of nitrogens with zero attached hydrogens (tertiary/aromatic N) is 3. The van der Waals surface area contributed by atoms with Crippen molar-refractivity contribution in [3.8, 4) is 0 Å². The Hall–Kier alpha value is -2.09. The maximum atomic E-state index is 11.8. The Bertz CT molecular complexity index is 446. The molecule has 1 heterocycles. The van der Waals surface area contributed by atoms with E-state index in [9.17, 15) is 9.59 Å². The number of ether oxygens (including phenoxy) is 1. The SMILES string of the molecule is COC(CNC(=O)N(C)Cc1nccn1C)C(=O)O. The van der Waals surface area contributed by atoms with E-state index in [4.69, 9.17) is 9.84 Å². The highest BCUT2D eigenvalue weighted by molar-refractivity contribution is 5.76. The number of aliphatic carboxylic acids is 1. The third-order valence-electron chi connectivity index (χ3n) is 2.64. The number of methoxy groups -OCH3 is 1. The summed E-state index contributed by atoms with van der Waals surface area (Å²) in [6.45, 7) is 0.246. The average molecular weight is 270 g/mol. The zero-order chi connectivity index (χ0) is 14.4. The van der Waals surface area contributed by atoms with Crippen molar-refractivity contribution < 1.29 is 19.4 Å². The third kappa shape index (κ3) is 4.25. The van der Waals surface area contributed by atoms with E-state index >= 15 is 0 Å². The van der Waals surface area contributed by atoms with Gasteiger partial charge in [0.2, 0.25) is 0 Å². The molecular weight excluding hydrogens is 252 g/mol. The molecule has 1 atom stereocenters. The van der Waals surface area contributed by atoms with Crippen LogP contribution in [0.4, 0.5) is 4.79 Å². The van der Waals surface area contributed by atoms with Crippen LogP contribution in [0.2, 0.25) is 0 Å². The van der Waals surface area contributed by atoms with Gasteiger partial charge in [-0.2, -0.15) is 0 Å². The third-order valence-corrected chi connectivity index (χ3v) is 2.64. The van der Waals surface area contributed by atoms with Crippen LogP contribution >= 0.6 is 0 Å². The van der Waals surface area contributed by atoms with Gasteiger partial charge < -0.3 is 24.6 Å². The van der Waals surface area contributed by atoms with E-state index in [1.165, 1.54) is 12.0 Å². The minimum absolute atomic E-state index is 0.0877. The molecule has 2 N–H and O–H groups in total. The summed E-state index contributed by atoms with van der Waals surface area (Å²) in [6.07, 6.45) is 2.38. The Morgan fingerprint density at radius 2 is 2.32 bits per heavy atom. The van der Waals surface area contributed by atoms with Gasteiger partial charge >= 0.3 is 12.0 Å². The van der Waals surface area contributed by atoms with Gasteiger partial charge in [-0.25, -0.2) is 14.6 Å². The lowest BCUT2D eigenvalue weighted by molar-refractivity contribution is -0.148. The van der Waals surface area contributed by atoms with Crippen LogP contribution in [0.3, 0.4) is 0 Å². The Balaban J connectivity index is 2.45. The molecular formula is C11H18N4O4. The van der Waals surface area contributed by atoms with Crippen LogP contribution in [0.5, 0.6) is 0 Å². The molecule has 1 unspecified atom stereocenters. The van der Waals surface area contributed by atoms with Gasteiger partial charge in [0.15, 0.2) is 6.10 Å². The minimum Gasteiger partial charge on any atom is -0.479 e. The van der Waals surface area contributed by atoms with Gasteiger partial charge in [0.05, 0.1) is 13.1 Å². The second-order valence-corrected chi connectivity index (χ2v) is 4.06. The average Bonchev–Trinajstić information content (AvgIpc) is 2.75. The summed E-state index contributed by atoms with van der Waals surface area (Å²) in [4.78, 5) is 28.0. The fourth-order valence-corrected chi connectivity index (χ4v) is 1.42. The molecule has 106 valence electrons. The van der Waals surface area contributed by atoms with Gasteiger partial charge in [-0.3, -0.25) is 0 Å². The lowest BCUT2D eigenvalue weighted by atomic mass is 10.3. The summed E-state index contributed by atoms with van der Waals surface area (Å²) in [5, 5.41) is 11.3. The quantitative estimate of drug-likeness (QED) is 0.737. The van der Waals surface area contributed by atoms with Gasteiger partial charge in [-0.05, 0) is 0 Å². The fourth-order valence-electron chi connectivity index (χ4n) is 1.42. The maximum absolute atomic E-state index is 11.8. The number of amides is 2. The number of carboxylic acid groups (broad SMARTS) is 1. The van der Waals surface area contributed by atoms with Gasteiger partial charge in [0, 0.05) is 33.6 Å². The summed E-state index contributed by atoms with van der Waals surface area (Å²) in [7, 11) is 4.72. The number of carboxylic acids is 1. The molecule has 0 aliphatic carbocycles. The molecule has 8 nitrogen and oxygen atoms in total. The van der Waals surface area contributed by atoms with E-state index in [0.29, 0.717) is 6.54 Å². The second-order valence-electron chi connectivity index (χ2n) is 4.06. The zero-order valence-corrected chi connectivity index (χ0v) is 11.2. The molecule has 2 amide bonds. The van der Waals surface area contributed by atoms with Crippen molar-refractivity contribution >= 4 is 12.0 Å². The number of aromatic nitrogens is 2. The Kier molecular flexibility index (Phi) is 5.31. The van der Waals surface area contributed by atoms with E-state index in [1.54, 1.807) is 24.0 Å². The molecule has 1 aromatic rings. The highest BCUT2D eigenvalue weighted by Gasteiger charge is 2.18. The van der Waals surface area contributed by atoms with Gasteiger partial charge in [-0.1, -0.05) is 0 Å². The van der Waals surface area contributed by atoms with Gasteiger partial charge in [0.1, 0.15) is 5.82 Å². The molecule has 1 rings (SSSR count). The molecule has 19 heavy (non-hydrogen) atoms. The molecule has 8 heteroatoms. The van der Waals surface area contributed by atoms with Crippen LogP contribution in [-0.4, -0.2) is 58.4 Å². The van der Waals surface area contributed by atoms with E-state index in [1.807, 2.05) is 7.05 Å². The highest BCUT2D eigenvalue weighted by atomic mass is 16.5. The number of urea groups is 1. The number of rotatable bonds is 6. The molecule has 0 saturated heterocycles. The molecule has 0 fully saturated rings. The summed E-state index contributed by atoms with van der Waals surface area (Å²) in [5.41, 5.74) is 0. The van der Waals surface area contributed by atoms with Crippen molar-refractivity contribution in [3.05, 3.63) is 18.2 Å².